The number of ketones is 1. The Labute approximate surface area is 291 Å². The van der Waals surface area contributed by atoms with Crippen molar-refractivity contribution in [3.63, 3.8) is 0 Å². The Bertz CT molecular complexity index is 1310. The maximum atomic E-state index is 14.6. The number of hydrogen-bond donors (Lipinski definition) is 4. The molecule has 4 N–H and O–H groups in total. The van der Waals surface area contributed by atoms with Crippen LogP contribution in [-0.2, 0) is 28.8 Å². The minimum atomic E-state index is -0.979. The van der Waals surface area contributed by atoms with Gasteiger partial charge in [0.15, 0.2) is 0 Å². The third kappa shape index (κ3) is 9.78. The smallest absolute Gasteiger partial charge is 0.289 e. The second kappa shape index (κ2) is 16.9. The molecule has 4 rings (SSSR count). The van der Waals surface area contributed by atoms with Crippen LogP contribution < -0.4 is 21.3 Å². The second-order valence-corrected chi connectivity index (χ2v) is 15.6. The first-order chi connectivity index (χ1) is 23.3. The molecule has 0 radical (unpaired) electrons. The lowest BCUT2D eigenvalue weighted by atomic mass is 9.82. The maximum absolute atomic E-state index is 14.6. The molecule has 4 fully saturated rings. The number of aliphatic imine (C=N–C) groups is 1. The third-order valence-corrected chi connectivity index (χ3v) is 10.7. The fourth-order valence-electron chi connectivity index (χ4n) is 7.74. The van der Waals surface area contributed by atoms with Gasteiger partial charge < -0.3 is 26.2 Å². The molecule has 3 aliphatic carbocycles. The number of nitrogens with zero attached hydrogens (tertiary/aromatic N) is 2. The average molecular weight is 683 g/mol. The summed E-state index contributed by atoms with van der Waals surface area (Å²) in [5, 5.41) is 11.6. The van der Waals surface area contributed by atoms with Crippen LogP contribution in [0.4, 0.5) is 0 Å². The zero-order chi connectivity index (χ0) is 35.9. The summed E-state index contributed by atoms with van der Waals surface area (Å²) in [5.74, 6) is -2.97. The molecule has 0 spiro atoms. The molecule has 12 nitrogen and oxygen atoms in total. The van der Waals surface area contributed by atoms with Gasteiger partial charge in [0.1, 0.15) is 18.1 Å². The minimum absolute atomic E-state index is 0.0166. The summed E-state index contributed by atoms with van der Waals surface area (Å²) in [6.07, 6.45) is 12.8. The lowest BCUT2D eigenvalue weighted by molar-refractivity contribution is -0.146. The lowest BCUT2D eigenvalue weighted by Gasteiger charge is -2.38. The normalized spacial score (nSPS) is 24.9. The zero-order valence-corrected chi connectivity index (χ0v) is 30.3. The molecule has 12 heteroatoms. The summed E-state index contributed by atoms with van der Waals surface area (Å²) >= 11 is 0. The van der Waals surface area contributed by atoms with Crippen molar-refractivity contribution >= 4 is 41.5 Å². The molecule has 1 aliphatic heterocycles. The second-order valence-electron chi connectivity index (χ2n) is 15.6. The molecule has 0 aromatic heterocycles. The Morgan fingerprint density at radius 1 is 0.878 bits per heavy atom. The van der Waals surface area contributed by atoms with Gasteiger partial charge in [-0.15, -0.1) is 0 Å². The molecule has 1 heterocycles. The van der Waals surface area contributed by atoms with Crippen LogP contribution in [0.15, 0.2) is 16.8 Å². The van der Waals surface area contributed by atoms with Crippen LogP contribution in [0.5, 0.6) is 0 Å². The predicted octanol–water partition coefficient (Wildman–Crippen LogP) is 3.34. The van der Waals surface area contributed by atoms with Crippen LogP contribution in [0.25, 0.3) is 0 Å². The average Bonchev–Trinajstić information content (AvgIpc) is 3.63. The summed E-state index contributed by atoms with van der Waals surface area (Å²) in [6, 6.07) is -3.59. The van der Waals surface area contributed by atoms with Gasteiger partial charge in [0.2, 0.25) is 29.4 Å². The molecular weight excluding hydrogens is 624 g/mol. The molecule has 272 valence electrons. The van der Waals surface area contributed by atoms with Crippen molar-refractivity contribution in [1.82, 2.24) is 26.2 Å². The Kier molecular flexibility index (Phi) is 13.2. The quantitative estimate of drug-likeness (QED) is 0.125. The van der Waals surface area contributed by atoms with E-state index in [1.54, 1.807) is 25.0 Å². The molecule has 4 aliphatic rings. The van der Waals surface area contributed by atoms with E-state index in [2.05, 4.69) is 26.3 Å². The number of rotatable bonds is 14. The number of carbonyl (C=O) groups excluding carboxylic acids is 6. The Balaban J connectivity index is 1.56. The lowest BCUT2D eigenvalue weighted by Crippen LogP contribution is -2.62. The maximum Gasteiger partial charge on any atom is 0.289 e. The van der Waals surface area contributed by atoms with E-state index in [0.717, 1.165) is 64.2 Å². The summed E-state index contributed by atoms with van der Waals surface area (Å²) in [4.78, 5) is 87.3. The number of nitrogens with one attached hydrogen (secondary N) is 4. The summed E-state index contributed by atoms with van der Waals surface area (Å²) in [7, 11) is 0. The van der Waals surface area contributed by atoms with E-state index < -0.39 is 53.1 Å². The minimum Gasteiger partial charge on any atom is -0.347 e. The van der Waals surface area contributed by atoms with Crippen LogP contribution in [0, 0.1) is 23.2 Å². The molecular formula is C37H58N6O6. The van der Waals surface area contributed by atoms with Crippen molar-refractivity contribution in [2.24, 2.45) is 28.2 Å². The van der Waals surface area contributed by atoms with Gasteiger partial charge >= 0.3 is 0 Å². The molecule has 0 aromatic carbocycles. The van der Waals surface area contributed by atoms with Gasteiger partial charge in [-0.05, 0) is 82.0 Å². The molecule has 0 aromatic rings. The summed E-state index contributed by atoms with van der Waals surface area (Å²) in [6.45, 7) is 11.3. The van der Waals surface area contributed by atoms with Gasteiger partial charge in [0.05, 0.1) is 6.04 Å². The standard InChI is InChI=1S/C37H58N6O6/c1-7-13-27(30(44)35(48)39-25-18-19-25)40-34(47)29-26-17-12-16-24(26)21-43(29)36(49)31(37(4,5)6)42-33(46)28(23-14-10-9-11-15-23)41-32(45)22(3)20-38-8-2/h8,20,23-29,31H,7,9-19,21H2,1-6H3,(H,39,48)(H,40,47)(H,41,45)(H,42,46)/b22-20+,38-8-/t24-,26-,27-,28-,29-,31+/m0/s1. The fourth-order valence-corrected chi connectivity index (χ4v) is 7.74. The van der Waals surface area contributed by atoms with Crippen molar-refractivity contribution in [1.29, 1.82) is 0 Å². The molecule has 0 bridgehead atoms. The van der Waals surface area contributed by atoms with Gasteiger partial charge in [-0.2, -0.15) is 0 Å². The fraction of sp³-hybridized carbons (Fsp3) is 0.757. The van der Waals surface area contributed by atoms with E-state index in [1.165, 1.54) is 6.20 Å². The number of fused-ring (bicyclic) bond motifs is 1. The predicted molar refractivity (Wildman–Crippen MR) is 187 cm³/mol. The van der Waals surface area contributed by atoms with Gasteiger partial charge in [-0.25, -0.2) is 0 Å². The Morgan fingerprint density at radius 3 is 2.18 bits per heavy atom. The van der Waals surface area contributed by atoms with E-state index >= 15 is 0 Å². The molecule has 3 saturated carbocycles. The highest BCUT2D eigenvalue weighted by Crippen LogP contribution is 2.43. The van der Waals surface area contributed by atoms with Gasteiger partial charge in [0.25, 0.3) is 5.91 Å². The molecule has 6 atom stereocenters. The number of carbonyl (C=O) groups is 6. The first-order valence-electron chi connectivity index (χ1n) is 18.5. The van der Waals surface area contributed by atoms with Gasteiger partial charge in [-0.1, -0.05) is 59.8 Å². The van der Waals surface area contributed by atoms with Crippen molar-refractivity contribution < 1.29 is 28.8 Å². The largest absolute Gasteiger partial charge is 0.347 e. The first-order valence-corrected chi connectivity index (χ1v) is 18.5. The van der Waals surface area contributed by atoms with E-state index in [-0.39, 0.29) is 35.6 Å². The Morgan fingerprint density at radius 2 is 1.57 bits per heavy atom. The van der Waals surface area contributed by atoms with Crippen LogP contribution in [0.3, 0.4) is 0 Å². The van der Waals surface area contributed by atoms with Crippen LogP contribution >= 0.6 is 0 Å². The van der Waals surface area contributed by atoms with Gasteiger partial charge in [-0.3, -0.25) is 33.8 Å². The van der Waals surface area contributed by atoms with Crippen molar-refractivity contribution in [3.8, 4) is 0 Å². The van der Waals surface area contributed by atoms with E-state index in [0.29, 0.717) is 25.0 Å². The topological polar surface area (TPSA) is 166 Å². The number of Topliss-reactive ketones (excluding diaryl/α,β-unsaturated/α-hetero) is 1. The van der Waals surface area contributed by atoms with E-state index in [1.807, 2.05) is 27.7 Å². The molecule has 49 heavy (non-hydrogen) atoms. The van der Waals surface area contributed by atoms with Crippen molar-refractivity contribution in [3.05, 3.63) is 11.8 Å². The van der Waals surface area contributed by atoms with E-state index in [4.69, 9.17) is 0 Å². The van der Waals surface area contributed by atoms with Gasteiger partial charge in [0, 0.05) is 30.6 Å². The highest BCUT2D eigenvalue weighted by molar-refractivity contribution is 6.38. The van der Waals surface area contributed by atoms with E-state index in [9.17, 15) is 28.8 Å². The van der Waals surface area contributed by atoms with Crippen molar-refractivity contribution in [2.45, 2.75) is 149 Å². The number of amides is 5. The summed E-state index contributed by atoms with van der Waals surface area (Å²) < 4.78 is 0. The zero-order valence-electron chi connectivity index (χ0n) is 30.3. The Hall–Kier alpha value is -3.57. The first kappa shape index (κ1) is 38.2. The molecule has 1 saturated heterocycles. The highest BCUT2D eigenvalue weighted by Gasteiger charge is 2.52. The number of likely N-dealkylation sites (tertiary alicyclic amines) is 1. The summed E-state index contributed by atoms with van der Waals surface area (Å²) in [5.41, 5.74) is -0.350. The van der Waals surface area contributed by atoms with Crippen LogP contribution in [0.2, 0.25) is 0 Å². The molecule has 5 amide bonds. The molecule has 0 unspecified atom stereocenters. The van der Waals surface area contributed by atoms with Crippen LogP contribution in [0.1, 0.15) is 119 Å². The monoisotopic (exact) mass is 682 g/mol. The SMILES string of the molecule is C/C=N\C=C(/C)C(=O)N[C@H](C(=O)N[C@H](C(=O)N1C[C@@H]2CCC[C@@H]2[C@H]1C(=O)N[C@@H](CCC)C(=O)C(=O)NC1CC1)C(C)(C)C)C1CCCCC1. The highest BCUT2D eigenvalue weighted by atomic mass is 16.2. The third-order valence-electron chi connectivity index (χ3n) is 10.7. The van der Waals surface area contributed by atoms with Crippen molar-refractivity contribution in [2.75, 3.05) is 6.54 Å². The van der Waals surface area contributed by atoms with Crippen LogP contribution in [-0.4, -0.2) is 83.2 Å². The number of hydrogen-bond acceptors (Lipinski definition) is 7.